The van der Waals surface area contributed by atoms with Crippen LogP contribution in [0.25, 0.3) is 0 Å². The number of hydrogen-bond acceptors (Lipinski definition) is 4. The molecule has 1 aromatic heterocycles. The first-order chi connectivity index (χ1) is 12.4. The number of nitrogens with zero attached hydrogens (tertiary/aromatic N) is 2. The molecule has 0 spiro atoms. The molecule has 2 aromatic rings. The van der Waals surface area contributed by atoms with Gasteiger partial charge in [0.1, 0.15) is 0 Å². The largest absolute Gasteiger partial charge is 0.354 e. The molecule has 4 heteroatoms. The van der Waals surface area contributed by atoms with Crippen LogP contribution < -0.4 is 5.32 Å². The highest BCUT2D eigenvalue weighted by molar-refractivity contribution is 5.98. The first-order valence-corrected chi connectivity index (χ1v) is 9.62. The summed E-state index contributed by atoms with van der Waals surface area (Å²) in [5, 5.41) is 3.26. The van der Waals surface area contributed by atoms with E-state index >= 15 is 0 Å². The predicted molar refractivity (Wildman–Crippen MR) is 106 cm³/mol. The zero-order valence-corrected chi connectivity index (χ0v) is 16.3. The van der Waals surface area contributed by atoms with E-state index in [0.29, 0.717) is 17.9 Å². The third-order valence-electron chi connectivity index (χ3n) is 5.10. The number of benzene rings is 1. The number of unbranched alkanes of at least 4 members (excludes halogenated alkanes) is 1. The molecule has 1 atom stereocenters. The van der Waals surface area contributed by atoms with Crippen LogP contribution >= 0.6 is 0 Å². The summed E-state index contributed by atoms with van der Waals surface area (Å²) in [4.78, 5) is 21.5. The van der Waals surface area contributed by atoms with E-state index in [9.17, 15) is 4.79 Å². The maximum Gasteiger partial charge on any atom is 0.222 e. The predicted octanol–water partition coefficient (Wildman–Crippen LogP) is 4.90. The van der Waals surface area contributed by atoms with Crippen LogP contribution in [0.1, 0.15) is 80.1 Å². The minimum Gasteiger partial charge on any atom is -0.354 e. The van der Waals surface area contributed by atoms with Crippen molar-refractivity contribution in [1.82, 2.24) is 9.97 Å². The minimum atomic E-state index is 0.139. The highest BCUT2D eigenvalue weighted by Gasteiger charge is 2.28. The molecule has 1 N–H and O–H groups in total. The molecule has 0 fully saturated rings. The Hall–Kier alpha value is -2.23. The van der Waals surface area contributed by atoms with Crippen molar-refractivity contribution in [2.24, 2.45) is 0 Å². The number of nitrogens with one attached hydrogen (secondary N) is 1. The summed E-state index contributed by atoms with van der Waals surface area (Å²) in [5.74, 6) is 0.979. The number of aromatic nitrogens is 2. The standard InChI is InChI=1S/C22H29N3O/c1-5-6-11-23-21-24-14-18-19(25-21)12-16(13-20(18)26)15-7-9-17(10-8-15)22(2,3)4/h7-10,14,16H,5-6,11-13H2,1-4H3,(H,23,24,25)/t16-/m0/s1. The van der Waals surface area contributed by atoms with Gasteiger partial charge >= 0.3 is 0 Å². The number of fused-ring (bicyclic) bond motifs is 1. The van der Waals surface area contributed by atoms with Crippen molar-refractivity contribution in [1.29, 1.82) is 0 Å². The van der Waals surface area contributed by atoms with Gasteiger partial charge in [-0.05, 0) is 35.3 Å². The molecule has 1 heterocycles. The summed E-state index contributed by atoms with van der Waals surface area (Å²) < 4.78 is 0. The Morgan fingerprint density at radius 2 is 1.88 bits per heavy atom. The second-order valence-corrected chi connectivity index (χ2v) is 8.23. The van der Waals surface area contributed by atoms with Gasteiger partial charge in [-0.15, -0.1) is 0 Å². The lowest BCUT2D eigenvalue weighted by atomic mass is 9.80. The zero-order chi connectivity index (χ0) is 18.7. The van der Waals surface area contributed by atoms with E-state index in [0.717, 1.165) is 31.5 Å². The summed E-state index contributed by atoms with van der Waals surface area (Å²) in [6.45, 7) is 9.66. The molecule has 0 radical (unpaired) electrons. The minimum absolute atomic E-state index is 0.139. The molecule has 0 saturated heterocycles. The normalized spacial score (nSPS) is 17.1. The molecule has 1 aliphatic rings. The molecule has 1 aliphatic carbocycles. The van der Waals surface area contributed by atoms with Gasteiger partial charge < -0.3 is 5.32 Å². The first kappa shape index (κ1) is 18.6. The molecule has 0 aliphatic heterocycles. The fourth-order valence-electron chi connectivity index (χ4n) is 3.40. The van der Waals surface area contributed by atoms with E-state index in [1.165, 1.54) is 11.1 Å². The van der Waals surface area contributed by atoms with E-state index in [2.05, 4.69) is 67.2 Å². The van der Waals surface area contributed by atoms with Gasteiger partial charge in [0.25, 0.3) is 0 Å². The number of carbonyl (C=O) groups excluding carboxylic acids is 1. The van der Waals surface area contributed by atoms with Gasteiger partial charge in [-0.25, -0.2) is 9.97 Å². The Labute approximate surface area is 156 Å². The average molecular weight is 351 g/mol. The summed E-state index contributed by atoms with van der Waals surface area (Å²) in [5.41, 5.74) is 4.23. The molecule has 0 saturated carbocycles. The van der Waals surface area contributed by atoms with Crippen LogP contribution in [0.5, 0.6) is 0 Å². The van der Waals surface area contributed by atoms with Crippen LogP contribution in [0.15, 0.2) is 30.5 Å². The van der Waals surface area contributed by atoms with E-state index in [1.807, 2.05) is 0 Å². The molecule has 1 aromatic carbocycles. The summed E-state index contributed by atoms with van der Waals surface area (Å²) >= 11 is 0. The van der Waals surface area contributed by atoms with Crippen molar-refractivity contribution in [2.45, 2.75) is 64.7 Å². The maximum atomic E-state index is 12.6. The molecule has 4 nitrogen and oxygen atoms in total. The lowest BCUT2D eigenvalue weighted by Crippen LogP contribution is -2.21. The second kappa shape index (κ2) is 7.56. The SMILES string of the molecule is CCCCNc1ncc2c(n1)C[C@H](c1ccc(C(C)(C)C)cc1)CC2=O. The molecule has 138 valence electrons. The molecular formula is C22H29N3O. The van der Waals surface area contributed by atoms with E-state index in [1.54, 1.807) is 6.20 Å². The van der Waals surface area contributed by atoms with Crippen molar-refractivity contribution in [3.63, 3.8) is 0 Å². The van der Waals surface area contributed by atoms with Gasteiger partial charge in [0.2, 0.25) is 5.95 Å². The average Bonchev–Trinajstić information content (AvgIpc) is 2.61. The summed E-state index contributed by atoms with van der Waals surface area (Å²) in [6.07, 6.45) is 5.23. The van der Waals surface area contributed by atoms with Crippen LogP contribution in [-0.4, -0.2) is 22.3 Å². The Bertz CT molecular complexity index is 775. The van der Waals surface area contributed by atoms with E-state index in [4.69, 9.17) is 0 Å². The highest BCUT2D eigenvalue weighted by atomic mass is 16.1. The number of anilines is 1. The molecule has 0 amide bonds. The summed E-state index contributed by atoms with van der Waals surface area (Å²) in [7, 11) is 0. The third kappa shape index (κ3) is 4.12. The zero-order valence-electron chi connectivity index (χ0n) is 16.3. The Kier molecular flexibility index (Phi) is 5.40. The van der Waals surface area contributed by atoms with Gasteiger partial charge in [0.05, 0.1) is 11.3 Å². The van der Waals surface area contributed by atoms with Crippen molar-refractivity contribution in [2.75, 3.05) is 11.9 Å². The smallest absolute Gasteiger partial charge is 0.222 e. The topological polar surface area (TPSA) is 54.9 Å². The number of rotatable bonds is 5. The Morgan fingerprint density at radius 1 is 1.15 bits per heavy atom. The van der Waals surface area contributed by atoms with Crippen LogP contribution in [0.4, 0.5) is 5.95 Å². The lowest BCUT2D eigenvalue weighted by Gasteiger charge is -2.25. The number of carbonyl (C=O) groups is 1. The van der Waals surface area contributed by atoms with E-state index in [-0.39, 0.29) is 17.1 Å². The fourth-order valence-corrected chi connectivity index (χ4v) is 3.40. The van der Waals surface area contributed by atoms with Crippen LogP contribution in [0.2, 0.25) is 0 Å². The van der Waals surface area contributed by atoms with Gasteiger partial charge in [0, 0.05) is 19.2 Å². The Morgan fingerprint density at radius 3 is 2.54 bits per heavy atom. The molecular weight excluding hydrogens is 322 g/mol. The Balaban J connectivity index is 1.79. The number of Topliss-reactive ketones (excluding diaryl/α,β-unsaturated/α-hetero) is 1. The van der Waals surface area contributed by atoms with E-state index < -0.39 is 0 Å². The van der Waals surface area contributed by atoms with Gasteiger partial charge in [-0.2, -0.15) is 0 Å². The van der Waals surface area contributed by atoms with Crippen LogP contribution in [-0.2, 0) is 11.8 Å². The van der Waals surface area contributed by atoms with Crippen molar-refractivity contribution < 1.29 is 4.79 Å². The highest BCUT2D eigenvalue weighted by Crippen LogP contribution is 2.33. The van der Waals surface area contributed by atoms with Gasteiger partial charge in [0.15, 0.2) is 5.78 Å². The molecule has 0 unspecified atom stereocenters. The van der Waals surface area contributed by atoms with Crippen molar-refractivity contribution in [3.05, 3.63) is 52.8 Å². The molecule has 3 rings (SSSR count). The summed E-state index contributed by atoms with van der Waals surface area (Å²) in [6, 6.07) is 8.72. The maximum absolute atomic E-state index is 12.6. The third-order valence-corrected chi connectivity index (χ3v) is 5.10. The quantitative estimate of drug-likeness (QED) is 0.779. The van der Waals surface area contributed by atoms with Crippen LogP contribution in [0, 0.1) is 0 Å². The monoisotopic (exact) mass is 351 g/mol. The number of ketones is 1. The van der Waals surface area contributed by atoms with Crippen LogP contribution in [0.3, 0.4) is 0 Å². The second-order valence-electron chi connectivity index (χ2n) is 8.23. The molecule has 0 bridgehead atoms. The first-order valence-electron chi connectivity index (χ1n) is 9.62. The van der Waals surface area contributed by atoms with Crippen molar-refractivity contribution in [3.8, 4) is 0 Å². The van der Waals surface area contributed by atoms with Gasteiger partial charge in [-0.1, -0.05) is 58.4 Å². The molecule has 26 heavy (non-hydrogen) atoms. The lowest BCUT2D eigenvalue weighted by molar-refractivity contribution is 0.0962. The van der Waals surface area contributed by atoms with Crippen molar-refractivity contribution >= 4 is 11.7 Å². The fraction of sp³-hybridized carbons (Fsp3) is 0.500. The number of hydrogen-bond donors (Lipinski definition) is 1. The van der Waals surface area contributed by atoms with Gasteiger partial charge in [-0.3, -0.25) is 4.79 Å².